The molecule has 0 fully saturated rings. The molecule has 0 heterocycles. The molecule has 1 rings (SSSR count). The summed E-state index contributed by atoms with van der Waals surface area (Å²) < 4.78 is 0. The van der Waals surface area contributed by atoms with Gasteiger partial charge < -0.3 is 5.11 Å². The predicted molar refractivity (Wildman–Crippen MR) is 58.6 cm³/mol. The first-order chi connectivity index (χ1) is 6.09. The lowest BCUT2D eigenvalue weighted by atomic mass is 10.0. The third kappa shape index (κ3) is 4.18. The van der Waals surface area contributed by atoms with E-state index in [-0.39, 0.29) is 5.75 Å². The van der Waals surface area contributed by atoms with Crippen LogP contribution in [-0.2, 0) is 0 Å². The fourth-order valence-electron chi connectivity index (χ4n) is 0.930. The Morgan fingerprint density at radius 3 is 2.08 bits per heavy atom. The van der Waals surface area contributed by atoms with Crippen molar-refractivity contribution in [2.24, 2.45) is 0 Å². The highest BCUT2D eigenvalue weighted by atomic mass is 35.5. The lowest BCUT2D eigenvalue weighted by molar-refractivity contribution is 0.474. The molecular formula is C11H17ClO. The summed E-state index contributed by atoms with van der Waals surface area (Å²) in [5.74, 6) is 0.640. The summed E-state index contributed by atoms with van der Waals surface area (Å²) in [6.07, 6.45) is 0. The standard InChI is InChI=1S/C9H11ClO.C2H6/c1-6(2)7-3-8(10)5-9(11)4-7;1-2/h3-6,11H,1-2H3;1-2H3. The SMILES string of the molecule is CC.CC(C)c1cc(O)cc(Cl)c1. The molecule has 0 amide bonds. The fraction of sp³-hybridized carbons (Fsp3) is 0.455. The molecule has 0 saturated heterocycles. The minimum absolute atomic E-state index is 0.237. The van der Waals surface area contributed by atoms with Gasteiger partial charge in [0, 0.05) is 5.02 Å². The third-order valence-corrected chi connectivity index (χ3v) is 1.79. The molecule has 0 atom stereocenters. The number of rotatable bonds is 1. The number of hydrogen-bond donors (Lipinski definition) is 1. The Morgan fingerprint density at radius 2 is 1.69 bits per heavy atom. The average molecular weight is 201 g/mol. The number of benzene rings is 1. The second-order valence-corrected chi connectivity index (χ2v) is 3.33. The molecule has 1 aromatic rings. The summed E-state index contributed by atoms with van der Waals surface area (Å²) >= 11 is 5.73. The Kier molecular flexibility index (Phi) is 5.56. The van der Waals surface area contributed by atoms with Crippen LogP contribution in [0.2, 0.25) is 5.02 Å². The van der Waals surface area contributed by atoms with Crippen LogP contribution in [0, 0.1) is 0 Å². The van der Waals surface area contributed by atoms with E-state index >= 15 is 0 Å². The van der Waals surface area contributed by atoms with E-state index in [1.54, 1.807) is 6.07 Å². The molecule has 0 aliphatic carbocycles. The van der Waals surface area contributed by atoms with Gasteiger partial charge in [0.2, 0.25) is 0 Å². The molecule has 0 bridgehead atoms. The monoisotopic (exact) mass is 200 g/mol. The quantitative estimate of drug-likeness (QED) is 0.721. The minimum Gasteiger partial charge on any atom is -0.508 e. The van der Waals surface area contributed by atoms with Gasteiger partial charge in [-0.05, 0) is 29.7 Å². The van der Waals surface area contributed by atoms with Crippen molar-refractivity contribution in [3.63, 3.8) is 0 Å². The van der Waals surface area contributed by atoms with E-state index in [1.165, 1.54) is 6.07 Å². The van der Waals surface area contributed by atoms with E-state index in [1.807, 2.05) is 19.9 Å². The van der Waals surface area contributed by atoms with Crippen molar-refractivity contribution < 1.29 is 5.11 Å². The van der Waals surface area contributed by atoms with Crippen molar-refractivity contribution in [3.05, 3.63) is 28.8 Å². The molecule has 0 aliphatic heterocycles. The summed E-state index contributed by atoms with van der Waals surface area (Å²) in [5, 5.41) is 9.75. The zero-order valence-electron chi connectivity index (χ0n) is 8.63. The fourth-order valence-corrected chi connectivity index (χ4v) is 1.17. The van der Waals surface area contributed by atoms with Crippen LogP contribution in [0.15, 0.2) is 18.2 Å². The first kappa shape index (κ1) is 12.3. The number of hydrogen-bond acceptors (Lipinski definition) is 1. The van der Waals surface area contributed by atoms with Gasteiger partial charge in [-0.2, -0.15) is 0 Å². The highest BCUT2D eigenvalue weighted by molar-refractivity contribution is 6.30. The van der Waals surface area contributed by atoms with Crippen molar-refractivity contribution in [2.45, 2.75) is 33.6 Å². The molecule has 0 aliphatic rings. The van der Waals surface area contributed by atoms with Gasteiger partial charge in [0.15, 0.2) is 0 Å². The smallest absolute Gasteiger partial charge is 0.117 e. The van der Waals surface area contributed by atoms with Crippen molar-refractivity contribution in [1.82, 2.24) is 0 Å². The number of halogens is 1. The van der Waals surface area contributed by atoms with E-state index < -0.39 is 0 Å². The predicted octanol–water partition coefficient (Wildman–Crippen LogP) is 4.20. The Labute approximate surface area is 85.4 Å². The maximum absolute atomic E-state index is 9.16. The average Bonchev–Trinajstić information content (AvgIpc) is 2.06. The van der Waals surface area contributed by atoms with Crippen LogP contribution in [0.3, 0.4) is 0 Å². The summed E-state index contributed by atoms with van der Waals surface area (Å²) in [7, 11) is 0. The van der Waals surface area contributed by atoms with Crippen LogP contribution in [-0.4, -0.2) is 5.11 Å². The maximum atomic E-state index is 9.16. The molecule has 2 heteroatoms. The molecular weight excluding hydrogens is 184 g/mol. The van der Waals surface area contributed by atoms with Gasteiger partial charge in [0.25, 0.3) is 0 Å². The van der Waals surface area contributed by atoms with Gasteiger partial charge in [-0.1, -0.05) is 39.3 Å². The normalized spacial score (nSPS) is 9.38. The zero-order chi connectivity index (χ0) is 10.4. The number of phenols is 1. The van der Waals surface area contributed by atoms with Crippen LogP contribution in [0.5, 0.6) is 5.75 Å². The lowest BCUT2D eigenvalue weighted by Crippen LogP contribution is -1.85. The zero-order valence-corrected chi connectivity index (χ0v) is 9.39. The van der Waals surface area contributed by atoms with Crippen molar-refractivity contribution in [2.75, 3.05) is 0 Å². The first-order valence-electron chi connectivity index (χ1n) is 4.59. The Morgan fingerprint density at radius 1 is 1.15 bits per heavy atom. The van der Waals surface area contributed by atoms with Crippen molar-refractivity contribution >= 4 is 11.6 Å². The summed E-state index contributed by atoms with van der Waals surface area (Å²) in [4.78, 5) is 0. The lowest BCUT2D eigenvalue weighted by Gasteiger charge is -2.05. The number of aromatic hydroxyl groups is 1. The van der Waals surface area contributed by atoms with Crippen molar-refractivity contribution in [3.8, 4) is 5.75 Å². The molecule has 1 aromatic carbocycles. The van der Waals surface area contributed by atoms with Crippen LogP contribution >= 0.6 is 11.6 Å². The molecule has 0 aromatic heterocycles. The van der Waals surface area contributed by atoms with E-state index in [0.29, 0.717) is 10.9 Å². The molecule has 13 heavy (non-hydrogen) atoms. The van der Waals surface area contributed by atoms with Crippen LogP contribution in [0.1, 0.15) is 39.2 Å². The van der Waals surface area contributed by atoms with Gasteiger partial charge in [-0.15, -0.1) is 0 Å². The molecule has 1 nitrogen and oxygen atoms in total. The summed E-state index contributed by atoms with van der Waals surface area (Å²) in [6.45, 7) is 8.12. The largest absolute Gasteiger partial charge is 0.508 e. The Bertz CT molecular complexity index is 236. The van der Waals surface area contributed by atoms with E-state index in [0.717, 1.165) is 5.56 Å². The molecule has 0 spiro atoms. The van der Waals surface area contributed by atoms with Gasteiger partial charge in [-0.3, -0.25) is 0 Å². The molecule has 0 radical (unpaired) electrons. The van der Waals surface area contributed by atoms with E-state index in [2.05, 4.69) is 13.8 Å². The van der Waals surface area contributed by atoms with Crippen LogP contribution < -0.4 is 0 Å². The minimum atomic E-state index is 0.237. The summed E-state index contributed by atoms with van der Waals surface area (Å²) in [5.41, 5.74) is 1.06. The number of phenolic OH excluding ortho intramolecular Hbond substituents is 1. The highest BCUT2D eigenvalue weighted by Crippen LogP contribution is 2.24. The summed E-state index contributed by atoms with van der Waals surface area (Å²) in [6, 6.07) is 5.13. The van der Waals surface area contributed by atoms with Gasteiger partial charge in [0.05, 0.1) is 0 Å². The molecule has 74 valence electrons. The van der Waals surface area contributed by atoms with Crippen LogP contribution in [0.4, 0.5) is 0 Å². The van der Waals surface area contributed by atoms with E-state index in [4.69, 9.17) is 16.7 Å². The van der Waals surface area contributed by atoms with Gasteiger partial charge in [0.1, 0.15) is 5.75 Å². The highest BCUT2D eigenvalue weighted by Gasteiger charge is 2.01. The molecule has 0 saturated carbocycles. The van der Waals surface area contributed by atoms with E-state index in [9.17, 15) is 0 Å². The van der Waals surface area contributed by atoms with Gasteiger partial charge in [-0.25, -0.2) is 0 Å². The maximum Gasteiger partial charge on any atom is 0.117 e. The Hall–Kier alpha value is -0.690. The van der Waals surface area contributed by atoms with Crippen molar-refractivity contribution in [1.29, 1.82) is 0 Å². The second-order valence-electron chi connectivity index (χ2n) is 2.90. The second kappa shape index (κ2) is 5.87. The first-order valence-corrected chi connectivity index (χ1v) is 4.97. The molecule has 1 N–H and O–H groups in total. The topological polar surface area (TPSA) is 20.2 Å². The molecule has 0 unspecified atom stereocenters. The third-order valence-electron chi connectivity index (χ3n) is 1.57. The Balaban J connectivity index is 0.000000671. The van der Waals surface area contributed by atoms with Crippen LogP contribution in [0.25, 0.3) is 0 Å². The van der Waals surface area contributed by atoms with Gasteiger partial charge >= 0.3 is 0 Å².